The minimum absolute atomic E-state index is 0.624. The lowest BCUT2D eigenvalue weighted by Gasteiger charge is -2.31. The van der Waals surface area contributed by atoms with Crippen LogP contribution in [0.2, 0.25) is 0 Å². The highest BCUT2D eigenvalue weighted by Crippen LogP contribution is 2.66. The smallest absolute Gasteiger partial charge is 0.0726 e. The van der Waals surface area contributed by atoms with Gasteiger partial charge in [-0.15, -0.1) is 0 Å². The molecule has 2 heteroatoms. The molecule has 0 aromatic heterocycles. The summed E-state index contributed by atoms with van der Waals surface area (Å²) in [6, 6.07) is 111. The van der Waals surface area contributed by atoms with Gasteiger partial charge in [0.2, 0.25) is 0 Å². The van der Waals surface area contributed by atoms with E-state index in [1.165, 1.54) is 89.0 Å². The Labute approximate surface area is 439 Å². The fourth-order valence-corrected chi connectivity index (χ4v) is 12.3. The maximum Gasteiger partial charge on any atom is 0.0726 e. The van der Waals surface area contributed by atoms with Gasteiger partial charge in [-0.2, -0.15) is 0 Å². The van der Waals surface area contributed by atoms with Crippen molar-refractivity contribution in [1.82, 2.24) is 0 Å². The highest BCUT2D eigenvalue weighted by atomic mass is 15.1. The summed E-state index contributed by atoms with van der Waals surface area (Å²) in [7, 11) is 0. The number of nitrogens with zero attached hydrogens (tertiary/aromatic N) is 2. The molecule has 0 saturated carbocycles. The number of rotatable bonds is 10. The van der Waals surface area contributed by atoms with Gasteiger partial charge < -0.3 is 9.80 Å². The normalized spacial score (nSPS) is 12.4. The molecular formula is C73H50N2. The molecule has 14 rings (SSSR count). The zero-order chi connectivity index (χ0) is 49.7. The molecule has 0 bridgehead atoms. The summed E-state index contributed by atoms with van der Waals surface area (Å²) in [5.41, 5.74) is 25.8. The van der Waals surface area contributed by atoms with E-state index >= 15 is 0 Å². The molecule has 0 N–H and O–H groups in total. The minimum Gasteiger partial charge on any atom is -0.310 e. The van der Waals surface area contributed by atoms with Crippen molar-refractivity contribution >= 4 is 34.1 Å². The molecule has 0 unspecified atom stereocenters. The van der Waals surface area contributed by atoms with E-state index in [9.17, 15) is 0 Å². The molecule has 0 atom stereocenters. The lowest BCUT2D eigenvalue weighted by atomic mass is 9.70. The number of benzene rings is 12. The lowest BCUT2D eigenvalue weighted by molar-refractivity contribution is 0.794. The monoisotopic (exact) mass is 954 g/mol. The van der Waals surface area contributed by atoms with Gasteiger partial charge in [-0.25, -0.2) is 0 Å². The molecule has 0 heterocycles. The van der Waals surface area contributed by atoms with Gasteiger partial charge in [0.15, 0.2) is 0 Å². The van der Waals surface area contributed by atoms with E-state index in [4.69, 9.17) is 0 Å². The molecule has 1 spiro atoms. The van der Waals surface area contributed by atoms with Gasteiger partial charge >= 0.3 is 0 Å². The van der Waals surface area contributed by atoms with Gasteiger partial charge in [0, 0.05) is 34.1 Å². The number of hydrogen-bond acceptors (Lipinski definition) is 2. The van der Waals surface area contributed by atoms with E-state index in [1.807, 2.05) is 0 Å². The van der Waals surface area contributed by atoms with Crippen molar-refractivity contribution in [2.45, 2.75) is 5.41 Å². The Morgan fingerprint density at radius 1 is 0.187 bits per heavy atom. The molecule has 0 amide bonds. The van der Waals surface area contributed by atoms with Gasteiger partial charge in [0.25, 0.3) is 0 Å². The second-order valence-electron chi connectivity index (χ2n) is 19.6. The van der Waals surface area contributed by atoms with E-state index in [0.717, 1.165) is 34.1 Å². The molecule has 0 fully saturated rings. The standard InChI is InChI=1S/C73H50N2/c1-7-23-51(24-8-1)53-43-45-67-65(49-53)71-63(55-27-19-37-61(47-55)74(57-29-11-3-12-30-57)58-31-13-4-14-32-58)39-21-41-69(71)73(67)68-46-44-54(52-25-9-2-10-26-52)50-66(68)72-64(40-22-42-70(72)73)56-28-20-38-62(48-56)75(59-33-15-5-16-34-59)60-35-17-6-18-36-60/h1-50H. The Hall–Kier alpha value is -9.76. The van der Waals surface area contributed by atoms with Crippen LogP contribution in [0.25, 0.3) is 66.8 Å². The first-order chi connectivity index (χ1) is 37.2. The molecule has 2 aliphatic rings. The Kier molecular flexibility index (Phi) is 10.8. The van der Waals surface area contributed by atoms with Crippen LogP contribution in [0.4, 0.5) is 34.1 Å². The predicted molar refractivity (Wildman–Crippen MR) is 314 cm³/mol. The largest absolute Gasteiger partial charge is 0.310 e. The zero-order valence-corrected chi connectivity index (χ0v) is 41.3. The summed E-state index contributed by atoms with van der Waals surface area (Å²) in [6.45, 7) is 0. The first kappa shape index (κ1) is 44.0. The van der Waals surface area contributed by atoms with Crippen molar-refractivity contribution in [3.8, 4) is 66.8 Å². The maximum absolute atomic E-state index is 2.47. The van der Waals surface area contributed by atoms with Crippen molar-refractivity contribution in [3.63, 3.8) is 0 Å². The first-order valence-corrected chi connectivity index (χ1v) is 25.9. The average molecular weight is 955 g/mol. The molecule has 12 aromatic rings. The SMILES string of the molecule is c1ccc(-c2ccc3c(c2)-c2c(-c4cccc(N(c5ccccc5)c5ccccc5)c4)cccc2C32c3ccc(-c4ccccc4)cc3-c3c(-c4cccc(N(c5ccccc5)c5ccccc5)c4)cccc32)cc1. The summed E-state index contributed by atoms with van der Waals surface area (Å²) in [5.74, 6) is 0. The van der Waals surface area contributed by atoms with Gasteiger partial charge in [-0.3, -0.25) is 0 Å². The molecule has 0 aliphatic heterocycles. The highest BCUT2D eigenvalue weighted by molar-refractivity contribution is 6.04. The van der Waals surface area contributed by atoms with Crippen LogP contribution in [-0.2, 0) is 5.41 Å². The van der Waals surface area contributed by atoms with Crippen molar-refractivity contribution < 1.29 is 0 Å². The molecule has 2 nitrogen and oxygen atoms in total. The maximum atomic E-state index is 2.47. The topological polar surface area (TPSA) is 6.48 Å². The Bertz CT molecular complexity index is 3690. The van der Waals surface area contributed by atoms with Gasteiger partial charge in [0.1, 0.15) is 0 Å². The summed E-state index contributed by atoms with van der Waals surface area (Å²) < 4.78 is 0. The van der Waals surface area contributed by atoms with E-state index in [0.29, 0.717) is 0 Å². The molecule has 2 aliphatic carbocycles. The number of hydrogen-bond donors (Lipinski definition) is 0. The third-order valence-corrected chi connectivity index (χ3v) is 15.4. The number of fused-ring (bicyclic) bond motifs is 10. The summed E-state index contributed by atoms with van der Waals surface area (Å²) in [5, 5.41) is 0. The first-order valence-electron chi connectivity index (χ1n) is 25.9. The molecule has 12 aromatic carbocycles. The van der Waals surface area contributed by atoms with E-state index in [1.54, 1.807) is 0 Å². The Morgan fingerprint density at radius 2 is 0.493 bits per heavy atom. The van der Waals surface area contributed by atoms with Crippen molar-refractivity contribution in [1.29, 1.82) is 0 Å². The lowest BCUT2D eigenvalue weighted by Crippen LogP contribution is -2.26. The summed E-state index contributed by atoms with van der Waals surface area (Å²) in [4.78, 5) is 4.72. The van der Waals surface area contributed by atoms with Crippen LogP contribution in [0.3, 0.4) is 0 Å². The third kappa shape index (κ3) is 7.33. The molecule has 0 radical (unpaired) electrons. The molecule has 0 saturated heterocycles. The number of anilines is 6. The van der Waals surface area contributed by atoms with Crippen molar-refractivity contribution in [3.05, 3.63) is 326 Å². The van der Waals surface area contributed by atoms with E-state index < -0.39 is 5.41 Å². The van der Waals surface area contributed by atoms with Crippen molar-refractivity contribution in [2.24, 2.45) is 0 Å². The quantitative estimate of drug-likeness (QED) is 0.135. The van der Waals surface area contributed by atoms with Crippen LogP contribution >= 0.6 is 0 Å². The number of para-hydroxylation sites is 4. The highest BCUT2D eigenvalue weighted by Gasteiger charge is 2.53. The summed E-state index contributed by atoms with van der Waals surface area (Å²) >= 11 is 0. The average Bonchev–Trinajstić information content (AvgIpc) is 4.01. The second-order valence-corrected chi connectivity index (χ2v) is 19.6. The van der Waals surface area contributed by atoms with Crippen LogP contribution in [0.5, 0.6) is 0 Å². The zero-order valence-electron chi connectivity index (χ0n) is 41.3. The Balaban J connectivity index is 1.02. The Morgan fingerprint density at radius 3 is 0.853 bits per heavy atom. The van der Waals surface area contributed by atoms with Gasteiger partial charge in [-0.1, -0.05) is 218 Å². The second kappa shape index (κ2) is 18.4. The van der Waals surface area contributed by atoms with Crippen molar-refractivity contribution in [2.75, 3.05) is 9.80 Å². The summed E-state index contributed by atoms with van der Waals surface area (Å²) in [6.07, 6.45) is 0. The molecule has 352 valence electrons. The van der Waals surface area contributed by atoms with Gasteiger partial charge in [0.05, 0.1) is 5.41 Å². The van der Waals surface area contributed by atoms with E-state index in [-0.39, 0.29) is 0 Å². The van der Waals surface area contributed by atoms with E-state index in [2.05, 4.69) is 313 Å². The fraction of sp³-hybridized carbons (Fsp3) is 0.0137. The van der Waals surface area contributed by atoms with Crippen LogP contribution < -0.4 is 9.80 Å². The molecular weight excluding hydrogens is 905 g/mol. The predicted octanol–water partition coefficient (Wildman–Crippen LogP) is 19.6. The molecule has 75 heavy (non-hydrogen) atoms. The fourth-order valence-electron chi connectivity index (χ4n) is 12.3. The van der Waals surface area contributed by atoms with Gasteiger partial charge in [-0.05, 0) is 174 Å². The third-order valence-electron chi connectivity index (χ3n) is 15.4. The minimum atomic E-state index is -0.624. The van der Waals surface area contributed by atoms with Crippen LogP contribution in [-0.4, -0.2) is 0 Å². The van der Waals surface area contributed by atoms with Crippen LogP contribution in [0.15, 0.2) is 303 Å². The van der Waals surface area contributed by atoms with Crippen LogP contribution in [0.1, 0.15) is 22.3 Å². The van der Waals surface area contributed by atoms with Crippen LogP contribution in [0, 0.1) is 0 Å².